The molecule has 0 aromatic heterocycles. The fraction of sp³-hybridized carbons (Fsp3) is 0.929. The molecule has 0 aromatic rings. The van der Waals surface area contributed by atoms with E-state index in [0.29, 0.717) is 11.5 Å². The maximum absolute atomic E-state index is 11.2. The van der Waals surface area contributed by atoms with Gasteiger partial charge in [-0.3, -0.25) is 4.79 Å². The third kappa shape index (κ3) is 1.57. The van der Waals surface area contributed by atoms with Crippen molar-refractivity contribution in [3.8, 4) is 0 Å². The maximum atomic E-state index is 11.2. The average Bonchev–Trinajstić information content (AvgIpc) is 2.13. The lowest BCUT2D eigenvalue weighted by atomic mass is 9.48. The van der Waals surface area contributed by atoms with Crippen LogP contribution in [-0.2, 0) is 4.79 Å². The maximum Gasteiger partial charge on any atom is 0.217 e. The number of amides is 1. The van der Waals surface area contributed by atoms with Crippen molar-refractivity contribution in [3.05, 3.63) is 0 Å². The number of carbonyl (C=O) groups excluding carboxylic acids is 1. The standard InChI is InChI=1S/C14H23NO/c1-9(15-10(2)16)14-6-11-3-12(7-14)5-13(4-11)8-14/h9,11-13H,3-8H2,1-2H3,(H,15,16). The van der Waals surface area contributed by atoms with Gasteiger partial charge in [-0.2, -0.15) is 0 Å². The Morgan fingerprint density at radius 2 is 1.56 bits per heavy atom. The minimum absolute atomic E-state index is 0.142. The fourth-order valence-corrected chi connectivity index (χ4v) is 5.17. The van der Waals surface area contributed by atoms with E-state index in [1.165, 1.54) is 38.5 Å². The van der Waals surface area contributed by atoms with E-state index in [1.807, 2.05) is 0 Å². The molecule has 1 atom stereocenters. The van der Waals surface area contributed by atoms with Gasteiger partial charge >= 0.3 is 0 Å². The van der Waals surface area contributed by atoms with Gasteiger partial charge in [-0.15, -0.1) is 0 Å². The van der Waals surface area contributed by atoms with Gasteiger partial charge in [0.1, 0.15) is 0 Å². The highest BCUT2D eigenvalue weighted by atomic mass is 16.1. The molecule has 4 aliphatic carbocycles. The van der Waals surface area contributed by atoms with E-state index in [4.69, 9.17) is 0 Å². The first-order valence-electron chi connectivity index (χ1n) is 6.84. The van der Waals surface area contributed by atoms with Crippen molar-refractivity contribution in [2.45, 2.75) is 58.4 Å². The predicted molar refractivity (Wildman–Crippen MR) is 63.9 cm³/mol. The van der Waals surface area contributed by atoms with Crippen LogP contribution in [0.4, 0.5) is 0 Å². The fourth-order valence-electron chi connectivity index (χ4n) is 5.17. The number of hydrogen-bond donors (Lipinski definition) is 1. The van der Waals surface area contributed by atoms with Crippen LogP contribution in [0.3, 0.4) is 0 Å². The summed E-state index contributed by atoms with van der Waals surface area (Å²) in [7, 11) is 0. The highest BCUT2D eigenvalue weighted by molar-refractivity contribution is 5.73. The second kappa shape index (κ2) is 3.48. The molecule has 4 saturated carbocycles. The Hall–Kier alpha value is -0.530. The summed E-state index contributed by atoms with van der Waals surface area (Å²) in [5, 5.41) is 3.16. The van der Waals surface area contributed by atoms with Crippen LogP contribution in [-0.4, -0.2) is 11.9 Å². The lowest BCUT2D eigenvalue weighted by Crippen LogP contribution is -2.55. The zero-order valence-electron chi connectivity index (χ0n) is 10.5. The van der Waals surface area contributed by atoms with Crippen molar-refractivity contribution in [2.24, 2.45) is 23.2 Å². The largest absolute Gasteiger partial charge is 0.353 e. The lowest BCUT2D eigenvalue weighted by molar-refractivity contribution is -0.123. The van der Waals surface area contributed by atoms with Crippen molar-refractivity contribution in [3.63, 3.8) is 0 Å². The number of rotatable bonds is 2. The Kier molecular flexibility index (Phi) is 2.31. The second-order valence-corrected chi connectivity index (χ2v) is 6.70. The first-order valence-corrected chi connectivity index (χ1v) is 6.84. The van der Waals surface area contributed by atoms with E-state index < -0.39 is 0 Å². The van der Waals surface area contributed by atoms with Crippen molar-refractivity contribution >= 4 is 5.91 Å². The van der Waals surface area contributed by atoms with Crippen molar-refractivity contribution in [2.75, 3.05) is 0 Å². The molecule has 4 fully saturated rings. The molecule has 90 valence electrons. The molecule has 2 nitrogen and oxygen atoms in total. The van der Waals surface area contributed by atoms with Crippen LogP contribution >= 0.6 is 0 Å². The predicted octanol–water partition coefficient (Wildman–Crippen LogP) is 2.73. The van der Waals surface area contributed by atoms with Crippen LogP contribution in [0.2, 0.25) is 0 Å². The summed E-state index contributed by atoms with van der Waals surface area (Å²) < 4.78 is 0. The summed E-state index contributed by atoms with van der Waals surface area (Å²) in [6.07, 6.45) is 8.56. The summed E-state index contributed by atoms with van der Waals surface area (Å²) >= 11 is 0. The van der Waals surface area contributed by atoms with Crippen LogP contribution in [0.5, 0.6) is 0 Å². The van der Waals surface area contributed by atoms with Gasteiger partial charge in [-0.05, 0) is 68.6 Å². The van der Waals surface area contributed by atoms with Gasteiger partial charge in [0.05, 0.1) is 0 Å². The highest BCUT2D eigenvalue weighted by Crippen LogP contribution is 2.61. The number of nitrogens with one attached hydrogen (secondary N) is 1. The molecule has 0 heterocycles. The van der Waals surface area contributed by atoms with Crippen LogP contribution in [0, 0.1) is 23.2 Å². The van der Waals surface area contributed by atoms with Crippen LogP contribution in [0.25, 0.3) is 0 Å². The highest BCUT2D eigenvalue weighted by Gasteiger charge is 2.53. The Bertz CT molecular complexity index is 275. The van der Waals surface area contributed by atoms with Crippen molar-refractivity contribution < 1.29 is 4.79 Å². The molecule has 16 heavy (non-hydrogen) atoms. The summed E-state index contributed by atoms with van der Waals surface area (Å²) in [6.45, 7) is 3.88. The molecule has 1 N–H and O–H groups in total. The van der Waals surface area contributed by atoms with E-state index in [2.05, 4.69) is 12.2 Å². The monoisotopic (exact) mass is 221 g/mol. The molecule has 0 saturated heterocycles. The zero-order chi connectivity index (χ0) is 11.3. The summed E-state index contributed by atoms with van der Waals surface area (Å²) in [5.41, 5.74) is 0.459. The first-order chi connectivity index (χ1) is 7.57. The van der Waals surface area contributed by atoms with E-state index in [0.717, 1.165) is 17.8 Å². The molecular formula is C14H23NO. The van der Waals surface area contributed by atoms with Gasteiger partial charge in [0.15, 0.2) is 0 Å². The summed E-state index contributed by atoms with van der Waals surface area (Å²) in [5.74, 6) is 3.07. The third-order valence-electron chi connectivity index (χ3n) is 5.42. The molecule has 0 spiro atoms. The molecule has 0 aliphatic heterocycles. The quantitative estimate of drug-likeness (QED) is 0.763. The summed E-state index contributed by atoms with van der Waals surface area (Å²) in [6, 6.07) is 0.387. The third-order valence-corrected chi connectivity index (χ3v) is 5.42. The lowest BCUT2D eigenvalue weighted by Gasteiger charge is -2.59. The van der Waals surface area contributed by atoms with Gasteiger partial charge < -0.3 is 5.32 Å². The molecule has 2 heteroatoms. The van der Waals surface area contributed by atoms with Crippen LogP contribution < -0.4 is 5.32 Å². The molecule has 1 unspecified atom stereocenters. The van der Waals surface area contributed by atoms with Crippen molar-refractivity contribution in [1.82, 2.24) is 5.32 Å². The SMILES string of the molecule is CC(=O)NC(C)C12CC3CC(CC(C3)C1)C2. The van der Waals surface area contributed by atoms with E-state index in [-0.39, 0.29) is 5.91 Å². The Morgan fingerprint density at radius 3 is 1.94 bits per heavy atom. The molecule has 4 bridgehead atoms. The number of carbonyl (C=O) groups is 1. The van der Waals surface area contributed by atoms with Crippen LogP contribution in [0.15, 0.2) is 0 Å². The van der Waals surface area contributed by atoms with E-state index in [9.17, 15) is 4.79 Å². The summed E-state index contributed by atoms with van der Waals surface area (Å²) in [4.78, 5) is 11.2. The molecule has 0 radical (unpaired) electrons. The minimum atomic E-state index is 0.142. The molecular weight excluding hydrogens is 198 g/mol. The van der Waals surface area contributed by atoms with Crippen LogP contribution in [0.1, 0.15) is 52.4 Å². The molecule has 1 amide bonds. The minimum Gasteiger partial charge on any atom is -0.353 e. The van der Waals surface area contributed by atoms with Gasteiger partial charge in [-0.25, -0.2) is 0 Å². The smallest absolute Gasteiger partial charge is 0.217 e. The van der Waals surface area contributed by atoms with Gasteiger partial charge in [0, 0.05) is 13.0 Å². The average molecular weight is 221 g/mol. The normalized spacial score (nSPS) is 46.8. The molecule has 4 aliphatic rings. The van der Waals surface area contributed by atoms with Crippen molar-refractivity contribution in [1.29, 1.82) is 0 Å². The topological polar surface area (TPSA) is 29.1 Å². The molecule has 0 aromatic carbocycles. The molecule has 4 rings (SSSR count). The Morgan fingerprint density at radius 1 is 1.12 bits per heavy atom. The van der Waals surface area contributed by atoms with Gasteiger partial charge in [0.2, 0.25) is 5.91 Å². The second-order valence-electron chi connectivity index (χ2n) is 6.70. The first kappa shape index (κ1) is 10.6. The number of hydrogen-bond acceptors (Lipinski definition) is 1. The zero-order valence-corrected chi connectivity index (χ0v) is 10.5. The Balaban J connectivity index is 1.80. The van der Waals surface area contributed by atoms with E-state index >= 15 is 0 Å². The van der Waals surface area contributed by atoms with E-state index in [1.54, 1.807) is 6.92 Å². The Labute approximate surface area is 98.2 Å². The van der Waals surface area contributed by atoms with Gasteiger partial charge in [0.25, 0.3) is 0 Å². The van der Waals surface area contributed by atoms with Gasteiger partial charge in [-0.1, -0.05) is 0 Å².